The zero-order valence-electron chi connectivity index (χ0n) is 11.4. The van der Waals surface area contributed by atoms with Crippen LogP contribution in [0.3, 0.4) is 0 Å². The third-order valence-corrected chi connectivity index (χ3v) is 4.27. The lowest BCUT2D eigenvalue weighted by atomic mass is 10.2. The Labute approximate surface area is 122 Å². The van der Waals surface area contributed by atoms with E-state index in [1.165, 1.54) is 0 Å². The normalized spacial score (nSPS) is 17.4. The average molecular weight is 290 g/mol. The van der Waals surface area contributed by atoms with E-state index in [4.69, 9.17) is 14.5 Å². The van der Waals surface area contributed by atoms with Gasteiger partial charge in [-0.05, 0) is 6.92 Å². The number of benzene rings is 1. The van der Waals surface area contributed by atoms with Gasteiger partial charge in [0.25, 0.3) is 0 Å². The molecule has 20 heavy (non-hydrogen) atoms. The van der Waals surface area contributed by atoms with Gasteiger partial charge in [0.1, 0.15) is 5.01 Å². The summed E-state index contributed by atoms with van der Waals surface area (Å²) in [5, 5.41) is 6.59. The molecule has 3 rings (SSSR count). The maximum Gasteiger partial charge on any atom is 0.170 e. The molecule has 1 atom stereocenters. The lowest BCUT2D eigenvalue weighted by Crippen LogP contribution is -2.29. The van der Waals surface area contributed by atoms with E-state index in [9.17, 15) is 0 Å². The molecule has 0 unspecified atom stereocenters. The summed E-state index contributed by atoms with van der Waals surface area (Å²) in [6.07, 6.45) is -0.119. The SMILES string of the molecule is C[C@H](NCC1OCCO1)c1nc(-c2ccccc2)cs1. The van der Waals surface area contributed by atoms with E-state index in [1.54, 1.807) is 11.3 Å². The molecule has 0 spiro atoms. The lowest BCUT2D eigenvalue weighted by molar-refractivity contribution is -0.0403. The van der Waals surface area contributed by atoms with Crippen LogP contribution in [0, 0.1) is 0 Å². The van der Waals surface area contributed by atoms with Crippen LogP contribution in [0.15, 0.2) is 35.7 Å². The summed E-state index contributed by atoms with van der Waals surface area (Å²) in [7, 11) is 0. The van der Waals surface area contributed by atoms with Crippen LogP contribution < -0.4 is 5.32 Å². The first kappa shape index (κ1) is 13.7. The maximum atomic E-state index is 5.41. The first-order valence-corrected chi connectivity index (χ1v) is 7.68. The molecule has 0 bridgehead atoms. The zero-order valence-corrected chi connectivity index (χ0v) is 12.2. The average Bonchev–Trinajstić information content (AvgIpc) is 3.17. The van der Waals surface area contributed by atoms with Crippen molar-refractivity contribution in [1.29, 1.82) is 0 Å². The van der Waals surface area contributed by atoms with Gasteiger partial charge in [0.15, 0.2) is 6.29 Å². The highest BCUT2D eigenvalue weighted by molar-refractivity contribution is 7.10. The molecule has 4 nitrogen and oxygen atoms in total. The van der Waals surface area contributed by atoms with Crippen molar-refractivity contribution < 1.29 is 9.47 Å². The number of thiazole rings is 1. The van der Waals surface area contributed by atoms with E-state index in [0.29, 0.717) is 19.8 Å². The summed E-state index contributed by atoms with van der Waals surface area (Å²) in [6.45, 7) is 4.19. The summed E-state index contributed by atoms with van der Waals surface area (Å²) in [5.74, 6) is 0. The van der Waals surface area contributed by atoms with Crippen molar-refractivity contribution in [2.24, 2.45) is 0 Å². The Bertz CT molecular complexity index is 538. The molecular formula is C15H18N2O2S. The van der Waals surface area contributed by atoms with Gasteiger partial charge in [-0.15, -0.1) is 11.3 Å². The number of rotatable bonds is 5. The van der Waals surface area contributed by atoms with Crippen molar-refractivity contribution in [1.82, 2.24) is 10.3 Å². The highest BCUT2D eigenvalue weighted by atomic mass is 32.1. The molecule has 1 fully saturated rings. The number of nitrogens with zero attached hydrogens (tertiary/aromatic N) is 1. The number of hydrogen-bond donors (Lipinski definition) is 1. The van der Waals surface area contributed by atoms with Crippen LogP contribution >= 0.6 is 11.3 Å². The van der Waals surface area contributed by atoms with Crippen molar-refractivity contribution in [3.05, 3.63) is 40.7 Å². The van der Waals surface area contributed by atoms with Crippen LogP contribution in [-0.2, 0) is 9.47 Å². The smallest absolute Gasteiger partial charge is 0.170 e. The molecule has 1 aliphatic heterocycles. The van der Waals surface area contributed by atoms with E-state index in [-0.39, 0.29) is 12.3 Å². The second-order valence-corrected chi connectivity index (χ2v) is 5.63. The van der Waals surface area contributed by atoms with Crippen LogP contribution in [0.5, 0.6) is 0 Å². The molecule has 0 radical (unpaired) electrons. The number of nitrogens with one attached hydrogen (secondary N) is 1. The molecule has 1 aromatic carbocycles. The van der Waals surface area contributed by atoms with Crippen LogP contribution in [0.25, 0.3) is 11.3 Å². The van der Waals surface area contributed by atoms with Gasteiger partial charge in [0.05, 0.1) is 24.9 Å². The Morgan fingerprint density at radius 1 is 1.30 bits per heavy atom. The molecular weight excluding hydrogens is 272 g/mol. The Kier molecular flexibility index (Phi) is 4.42. The van der Waals surface area contributed by atoms with Gasteiger partial charge in [-0.3, -0.25) is 0 Å². The van der Waals surface area contributed by atoms with Crippen LogP contribution in [-0.4, -0.2) is 31.0 Å². The molecule has 1 aromatic heterocycles. The van der Waals surface area contributed by atoms with E-state index in [1.807, 2.05) is 18.2 Å². The highest BCUT2D eigenvalue weighted by Crippen LogP contribution is 2.25. The summed E-state index contributed by atoms with van der Waals surface area (Å²) in [5.41, 5.74) is 2.19. The van der Waals surface area contributed by atoms with E-state index in [0.717, 1.165) is 16.3 Å². The number of aromatic nitrogens is 1. The second-order valence-electron chi connectivity index (χ2n) is 4.74. The van der Waals surface area contributed by atoms with Crippen LogP contribution in [0.4, 0.5) is 0 Å². The third kappa shape index (κ3) is 3.24. The van der Waals surface area contributed by atoms with Gasteiger partial charge in [0.2, 0.25) is 0 Å². The van der Waals surface area contributed by atoms with E-state index >= 15 is 0 Å². The van der Waals surface area contributed by atoms with E-state index < -0.39 is 0 Å². The van der Waals surface area contributed by atoms with Crippen molar-refractivity contribution in [3.8, 4) is 11.3 Å². The zero-order chi connectivity index (χ0) is 13.8. The number of ether oxygens (including phenoxy) is 2. The quantitative estimate of drug-likeness (QED) is 0.919. The molecule has 2 heterocycles. The Morgan fingerprint density at radius 2 is 2.05 bits per heavy atom. The molecule has 2 aromatic rings. The minimum absolute atomic E-state index is 0.119. The van der Waals surface area contributed by atoms with Crippen LogP contribution in [0.2, 0.25) is 0 Å². The van der Waals surface area contributed by atoms with Gasteiger partial charge in [0, 0.05) is 17.5 Å². The van der Waals surface area contributed by atoms with Crippen molar-refractivity contribution in [2.75, 3.05) is 19.8 Å². The first-order valence-electron chi connectivity index (χ1n) is 6.80. The minimum Gasteiger partial charge on any atom is -0.349 e. The van der Waals surface area contributed by atoms with Crippen molar-refractivity contribution >= 4 is 11.3 Å². The van der Waals surface area contributed by atoms with Gasteiger partial charge in [-0.2, -0.15) is 0 Å². The molecule has 106 valence electrons. The predicted molar refractivity (Wildman–Crippen MR) is 79.7 cm³/mol. The Hall–Kier alpha value is -1.27. The summed E-state index contributed by atoms with van der Waals surface area (Å²) >= 11 is 1.68. The van der Waals surface area contributed by atoms with Crippen LogP contribution in [0.1, 0.15) is 18.0 Å². The standard InChI is InChI=1S/C15H18N2O2S/c1-11(16-9-14-18-7-8-19-14)15-17-13(10-20-15)12-5-3-2-4-6-12/h2-6,10-11,14,16H,7-9H2,1H3/t11-/m0/s1. The minimum atomic E-state index is -0.119. The summed E-state index contributed by atoms with van der Waals surface area (Å²) < 4.78 is 10.8. The van der Waals surface area contributed by atoms with Gasteiger partial charge in [-0.25, -0.2) is 4.98 Å². The fourth-order valence-electron chi connectivity index (χ4n) is 2.11. The molecule has 1 N–H and O–H groups in total. The maximum absolute atomic E-state index is 5.41. The molecule has 5 heteroatoms. The molecule has 1 aliphatic rings. The Balaban J connectivity index is 1.61. The second kappa shape index (κ2) is 6.45. The molecule has 0 saturated carbocycles. The van der Waals surface area contributed by atoms with Gasteiger partial charge in [-0.1, -0.05) is 30.3 Å². The van der Waals surface area contributed by atoms with Crippen molar-refractivity contribution in [3.63, 3.8) is 0 Å². The highest BCUT2D eigenvalue weighted by Gasteiger charge is 2.18. The van der Waals surface area contributed by atoms with Gasteiger partial charge >= 0.3 is 0 Å². The lowest BCUT2D eigenvalue weighted by Gasteiger charge is -2.14. The summed E-state index contributed by atoms with van der Waals surface area (Å²) in [6, 6.07) is 10.4. The topological polar surface area (TPSA) is 43.4 Å². The fourth-order valence-corrected chi connectivity index (χ4v) is 2.97. The largest absolute Gasteiger partial charge is 0.349 e. The fraction of sp³-hybridized carbons (Fsp3) is 0.400. The van der Waals surface area contributed by atoms with Crippen molar-refractivity contribution in [2.45, 2.75) is 19.3 Å². The predicted octanol–water partition coefficient (Wildman–Crippen LogP) is 2.83. The van der Waals surface area contributed by atoms with Gasteiger partial charge < -0.3 is 14.8 Å². The summed E-state index contributed by atoms with van der Waals surface area (Å²) in [4.78, 5) is 4.70. The molecule has 0 amide bonds. The first-order chi connectivity index (χ1) is 9.83. The third-order valence-electron chi connectivity index (χ3n) is 3.24. The molecule has 0 aliphatic carbocycles. The molecule has 1 saturated heterocycles. The number of hydrogen-bond acceptors (Lipinski definition) is 5. The Morgan fingerprint density at radius 3 is 2.80 bits per heavy atom. The monoisotopic (exact) mass is 290 g/mol. The van der Waals surface area contributed by atoms with E-state index in [2.05, 4.69) is 29.8 Å².